The topological polar surface area (TPSA) is 28.7 Å². The number of aromatic amines is 1. The molecule has 0 radical (unpaired) electrons. The fraction of sp³-hybridized carbons (Fsp3) is 0.0952. The minimum Gasteiger partial charge on any atom is -0.342 e. The van der Waals surface area contributed by atoms with Gasteiger partial charge in [-0.2, -0.15) is 0 Å². The molecule has 0 aliphatic heterocycles. The number of nitrogens with zero attached hydrogens (tertiary/aromatic N) is 1. The normalized spacial score (nSPS) is 11.3. The van der Waals surface area contributed by atoms with Crippen LogP contribution in [-0.4, -0.2) is 9.97 Å². The molecule has 4 rings (SSSR count). The van der Waals surface area contributed by atoms with Crippen LogP contribution in [0.25, 0.3) is 11.0 Å². The second-order valence-electron chi connectivity index (χ2n) is 6.25. The maximum absolute atomic E-state index is 14.0. The van der Waals surface area contributed by atoms with E-state index in [-0.39, 0.29) is 24.0 Å². The fourth-order valence-electron chi connectivity index (χ4n) is 3.13. The van der Waals surface area contributed by atoms with Crippen LogP contribution in [0.4, 0.5) is 17.6 Å². The van der Waals surface area contributed by atoms with Crippen molar-refractivity contribution in [2.45, 2.75) is 12.8 Å². The first-order valence-corrected chi connectivity index (χ1v) is 8.35. The monoisotopic (exact) mass is 370 g/mol. The molecule has 136 valence electrons. The third kappa shape index (κ3) is 3.30. The van der Waals surface area contributed by atoms with Gasteiger partial charge in [-0.3, -0.25) is 0 Å². The van der Waals surface area contributed by atoms with Crippen LogP contribution in [0.15, 0.2) is 54.6 Å². The zero-order chi connectivity index (χ0) is 19.0. The second kappa shape index (κ2) is 6.87. The van der Waals surface area contributed by atoms with Crippen LogP contribution >= 0.6 is 0 Å². The lowest BCUT2D eigenvalue weighted by molar-refractivity contribution is 0.559. The number of hydrogen-bond acceptors (Lipinski definition) is 1. The van der Waals surface area contributed by atoms with Crippen molar-refractivity contribution in [3.63, 3.8) is 0 Å². The summed E-state index contributed by atoms with van der Waals surface area (Å²) < 4.78 is 55.7. The molecule has 0 unspecified atom stereocenters. The lowest BCUT2D eigenvalue weighted by atomic mass is 10.0. The zero-order valence-electron chi connectivity index (χ0n) is 14.1. The number of imidazole rings is 1. The number of nitrogens with one attached hydrogen (secondary N) is 1. The Morgan fingerprint density at radius 3 is 1.78 bits per heavy atom. The molecule has 0 spiro atoms. The minimum absolute atomic E-state index is 0.0220. The third-order valence-corrected chi connectivity index (χ3v) is 4.48. The molecule has 0 bridgehead atoms. The Morgan fingerprint density at radius 2 is 1.19 bits per heavy atom. The molecule has 0 aliphatic rings. The highest BCUT2D eigenvalue weighted by Crippen LogP contribution is 2.24. The van der Waals surface area contributed by atoms with Gasteiger partial charge in [-0.15, -0.1) is 0 Å². The van der Waals surface area contributed by atoms with E-state index in [0.717, 1.165) is 0 Å². The number of hydrogen-bond donors (Lipinski definition) is 1. The highest BCUT2D eigenvalue weighted by atomic mass is 19.1. The Hall–Kier alpha value is -3.15. The molecule has 0 atom stereocenters. The van der Waals surface area contributed by atoms with Gasteiger partial charge >= 0.3 is 0 Å². The third-order valence-electron chi connectivity index (χ3n) is 4.48. The summed E-state index contributed by atoms with van der Waals surface area (Å²) in [5, 5.41) is 0. The number of halogens is 4. The van der Waals surface area contributed by atoms with Crippen molar-refractivity contribution in [1.29, 1.82) is 0 Å². The van der Waals surface area contributed by atoms with Crippen molar-refractivity contribution in [1.82, 2.24) is 9.97 Å². The van der Waals surface area contributed by atoms with Crippen molar-refractivity contribution < 1.29 is 17.6 Å². The quantitative estimate of drug-likeness (QED) is 0.485. The molecule has 2 nitrogen and oxygen atoms in total. The van der Waals surface area contributed by atoms with Crippen LogP contribution in [-0.2, 0) is 12.8 Å². The summed E-state index contributed by atoms with van der Waals surface area (Å²) in [5.74, 6) is -2.18. The Balaban J connectivity index is 1.72. The van der Waals surface area contributed by atoms with Crippen LogP contribution in [0.5, 0.6) is 0 Å². The van der Waals surface area contributed by atoms with Crippen molar-refractivity contribution in [3.05, 3.63) is 100 Å². The van der Waals surface area contributed by atoms with E-state index in [1.54, 1.807) is 18.2 Å². The average molecular weight is 370 g/mol. The highest BCUT2D eigenvalue weighted by Gasteiger charge is 2.15. The summed E-state index contributed by atoms with van der Waals surface area (Å²) in [4.78, 5) is 7.43. The van der Waals surface area contributed by atoms with Gasteiger partial charge < -0.3 is 4.98 Å². The second-order valence-corrected chi connectivity index (χ2v) is 6.25. The van der Waals surface area contributed by atoms with Crippen LogP contribution in [0, 0.1) is 23.3 Å². The first-order valence-electron chi connectivity index (χ1n) is 8.35. The molecule has 1 N–H and O–H groups in total. The number of benzene rings is 3. The molecule has 0 amide bonds. The summed E-state index contributed by atoms with van der Waals surface area (Å²) in [7, 11) is 0. The summed E-state index contributed by atoms with van der Waals surface area (Å²) in [6.45, 7) is 0. The Morgan fingerprint density at radius 1 is 0.667 bits per heavy atom. The number of rotatable bonds is 4. The van der Waals surface area contributed by atoms with E-state index in [1.807, 2.05) is 0 Å². The first kappa shape index (κ1) is 17.3. The number of aromatic nitrogens is 2. The number of para-hydroxylation sites is 1. The molecule has 0 saturated carbocycles. The largest absolute Gasteiger partial charge is 0.342 e. The van der Waals surface area contributed by atoms with E-state index in [2.05, 4.69) is 9.97 Å². The Bertz CT molecular complexity index is 1090. The van der Waals surface area contributed by atoms with E-state index in [4.69, 9.17) is 0 Å². The predicted octanol–water partition coefficient (Wildman–Crippen LogP) is 5.30. The average Bonchev–Trinajstić information content (AvgIpc) is 3.05. The lowest BCUT2D eigenvalue weighted by Crippen LogP contribution is -1.99. The standard InChI is InChI=1S/C21H14F4N2/c22-15-5-2-6-16(23)13(15)10-12-4-1-9-19-21(12)27-20(26-19)11-14-17(24)7-3-8-18(14)25/h1-9H,10-11H2,(H,26,27). The van der Waals surface area contributed by atoms with E-state index < -0.39 is 23.3 Å². The van der Waals surface area contributed by atoms with Crippen LogP contribution in [0.3, 0.4) is 0 Å². The SMILES string of the molecule is Fc1cccc(F)c1Cc1nc2c(Cc3c(F)cccc3F)cccc2[nH]1. The molecule has 6 heteroatoms. The Kier molecular flexibility index (Phi) is 4.39. The summed E-state index contributed by atoms with van der Waals surface area (Å²) in [5.41, 5.74) is 1.64. The highest BCUT2D eigenvalue weighted by molar-refractivity contribution is 5.79. The van der Waals surface area contributed by atoms with Crippen molar-refractivity contribution in [2.24, 2.45) is 0 Å². The zero-order valence-corrected chi connectivity index (χ0v) is 14.1. The molecule has 1 aromatic heterocycles. The molecule has 0 saturated heterocycles. The van der Waals surface area contributed by atoms with E-state index in [9.17, 15) is 17.6 Å². The van der Waals surface area contributed by atoms with Gasteiger partial charge in [0.2, 0.25) is 0 Å². The van der Waals surface area contributed by atoms with Gasteiger partial charge in [0.15, 0.2) is 0 Å². The van der Waals surface area contributed by atoms with Crippen LogP contribution in [0.2, 0.25) is 0 Å². The molecule has 0 aliphatic carbocycles. The molecule has 3 aromatic carbocycles. The molecule has 4 aromatic rings. The minimum atomic E-state index is -0.649. The fourth-order valence-corrected chi connectivity index (χ4v) is 3.13. The van der Waals surface area contributed by atoms with Gasteiger partial charge in [-0.25, -0.2) is 22.5 Å². The summed E-state index contributed by atoms with van der Waals surface area (Å²) in [6, 6.07) is 12.6. The summed E-state index contributed by atoms with van der Waals surface area (Å²) >= 11 is 0. The van der Waals surface area contributed by atoms with Crippen molar-refractivity contribution in [3.8, 4) is 0 Å². The van der Waals surface area contributed by atoms with E-state index in [1.165, 1.54) is 36.4 Å². The molecule has 1 heterocycles. The maximum atomic E-state index is 14.0. The van der Waals surface area contributed by atoms with Gasteiger partial charge in [0.05, 0.1) is 11.0 Å². The smallest absolute Gasteiger partial charge is 0.129 e. The van der Waals surface area contributed by atoms with Gasteiger partial charge in [0.1, 0.15) is 29.1 Å². The maximum Gasteiger partial charge on any atom is 0.129 e. The lowest BCUT2D eigenvalue weighted by Gasteiger charge is -2.05. The Labute approximate surface area is 152 Å². The van der Waals surface area contributed by atoms with Gasteiger partial charge in [-0.05, 0) is 35.9 Å². The van der Waals surface area contributed by atoms with E-state index in [0.29, 0.717) is 22.4 Å². The molecule has 27 heavy (non-hydrogen) atoms. The van der Waals surface area contributed by atoms with E-state index >= 15 is 0 Å². The van der Waals surface area contributed by atoms with Crippen molar-refractivity contribution >= 4 is 11.0 Å². The molecular weight excluding hydrogens is 356 g/mol. The predicted molar refractivity (Wildman–Crippen MR) is 94.4 cm³/mol. The van der Waals surface area contributed by atoms with Gasteiger partial charge in [0, 0.05) is 24.0 Å². The van der Waals surface area contributed by atoms with Gasteiger partial charge in [0.25, 0.3) is 0 Å². The van der Waals surface area contributed by atoms with Gasteiger partial charge in [-0.1, -0.05) is 24.3 Å². The number of H-pyrrole nitrogens is 1. The molecular formula is C21H14F4N2. The first-order chi connectivity index (χ1) is 13.0. The summed E-state index contributed by atoms with van der Waals surface area (Å²) in [6.07, 6.45) is -0.0329. The molecule has 0 fully saturated rings. The van der Waals surface area contributed by atoms with Crippen LogP contribution in [0.1, 0.15) is 22.5 Å². The number of fused-ring (bicyclic) bond motifs is 1. The van der Waals surface area contributed by atoms with Crippen LogP contribution < -0.4 is 0 Å². The van der Waals surface area contributed by atoms with Crippen molar-refractivity contribution in [2.75, 3.05) is 0 Å².